The number of nitrogens with one attached hydrogen (secondary N) is 1. The van der Waals surface area contributed by atoms with Crippen LogP contribution in [-0.4, -0.2) is 23.8 Å². The van der Waals surface area contributed by atoms with Gasteiger partial charge >= 0.3 is 0 Å². The molecule has 0 bridgehead atoms. The second-order valence-corrected chi connectivity index (χ2v) is 6.58. The van der Waals surface area contributed by atoms with Crippen LogP contribution in [0.1, 0.15) is 54.4 Å². The van der Waals surface area contributed by atoms with Crippen LogP contribution in [0.15, 0.2) is 0 Å². The summed E-state index contributed by atoms with van der Waals surface area (Å²) in [7, 11) is 0. The van der Waals surface area contributed by atoms with Crippen LogP contribution in [0, 0.1) is 11.3 Å². The molecule has 0 fully saturated rings. The van der Waals surface area contributed by atoms with Crippen LogP contribution in [0.2, 0.25) is 0 Å². The zero-order valence-electron chi connectivity index (χ0n) is 11.4. The van der Waals surface area contributed by atoms with Crippen molar-refractivity contribution in [1.82, 2.24) is 5.32 Å². The zero-order valence-corrected chi connectivity index (χ0v) is 11.4. The Morgan fingerprint density at radius 3 is 2.07 bits per heavy atom. The zero-order chi connectivity index (χ0) is 12.1. The normalized spacial score (nSPS) is 16.8. The first-order valence-corrected chi connectivity index (χ1v) is 6.05. The molecule has 92 valence electrons. The molecule has 0 saturated carbocycles. The van der Waals surface area contributed by atoms with Gasteiger partial charge in [-0.3, -0.25) is 0 Å². The molecule has 0 aromatic carbocycles. The van der Waals surface area contributed by atoms with E-state index in [2.05, 4.69) is 39.9 Å². The lowest BCUT2D eigenvalue weighted by molar-refractivity contribution is 0.0381. The largest absolute Gasteiger partial charge is 0.389 e. The van der Waals surface area contributed by atoms with E-state index in [1.165, 1.54) is 0 Å². The highest BCUT2D eigenvalue weighted by Crippen LogP contribution is 2.18. The molecule has 2 heteroatoms. The molecule has 1 atom stereocenters. The number of hydrogen-bond acceptors (Lipinski definition) is 2. The van der Waals surface area contributed by atoms with E-state index >= 15 is 0 Å². The van der Waals surface area contributed by atoms with Gasteiger partial charge in [-0.1, -0.05) is 34.6 Å². The van der Waals surface area contributed by atoms with Crippen LogP contribution in [-0.2, 0) is 0 Å². The monoisotopic (exact) mass is 215 g/mol. The molecular formula is C13H29NO. The lowest BCUT2D eigenvalue weighted by atomic mass is 9.91. The minimum absolute atomic E-state index is 0.372. The van der Waals surface area contributed by atoms with Gasteiger partial charge in [0.1, 0.15) is 0 Å². The van der Waals surface area contributed by atoms with E-state index in [0.717, 1.165) is 19.4 Å². The fourth-order valence-corrected chi connectivity index (χ4v) is 1.77. The fourth-order valence-electron chi connectivity index (χ4n) is 1.77. The molecule has 15 heavy (non-hydrogen) atoms. The number of hydrogen-bond donors (Lipinski definition) is 2. The van der Waals surface area contributed by atoms with Crippen molar-refractivity contribution in [2.45, 2.75) is 60.0 Å². The highest BCUT2D eigenvalue weighted by Gasteiger charge is 2.21. The Morgan fingerprint density at radius 1 is 1.13 bits per heavy atom. The van der Waals surface area contributed by atoms with Crippen molar-refractivity contribution in [3.63, 3.8) is 0 Å². The van der Waals surface area contributed by atoms with Gasteiger partial charge in [-0.05, 0) is 37.6 Å². The minimum atomic E-state index is -0.563. The first kappa shape index (κ1) is 14.9. The summed E-state index contributed by atoms with van der Waals surface area (Å²) in [5.41, 5.74) is -0.192. The van der Waals surface area contributed by atoms with Crippen LogP contribution in [0.25, 0.3) is 0 Å². The first-order chi connectivity index (χ1) is 6.62. The molecule has 0 spiro atoms. The summed E-state index contributed by atoms with van der Waals surface area (Å²) in [5.74, 6) is 0.546. The third kappa shape index (κ3) is 10.2. The average Bonchev–Trinajstić information content (AvgIpc) is 1.93. The van der Waals surface area contributed by atoms with E-state index in [9.17, 15) is 5.11 Å². The van der Waals surface area contributed by atoms with Crippen LogP contribution in [0.5, 0.6) is 0 Å². The van der Waals surface area contributed by atoms with E-state index in [1.807, 2.05) is 6.92 Å². The lowest BCUT2D eigenvalue weighted by Crippen LogP contribution is -2.39. The van der Waals surface area contributed by atoms with Gasteiger partial charge in [0.25, 0.3) is 0 Å². The Bertz CT molecular complexity index is 168. The maximum Gasteiger partial charge on any atom is 0.0746 e. The molecule has 0 saturated heterocycles. The highest BCUT2D eigenvalue weighted by molar-refractivity contribution is 4.77. The second-order valence-electron chi connectivity index (χ2n) is 6.58. The quantitative estimate of drug-likeness (QED) is 0.668. The van der Waals surface area contributed by atoms with Crippen molar-refractivity contribution in [2.75, 3.05) is 13.1 Å². The Labute approximate surface area is 95.5 Å². The summed E-state index contributed by atoms with van der Waals surface area (Å²) in [4.78, 5) is 0. The Hall–Kier alpha value is -0.0800. The highest BCUT2D eigenvalue weighted by atomic mass is 16.3. The smallest absolute Gasteiger partial charge is 0.0746 e. The van der Waals surface area contributed by atoms with Gasteiger partial charge in [0.05, 0.1) is 5.60 Å². The number of rotatable bonds is 6. The molecule has 0 amide bonds. The molecule has 1 unspecified atom stereocenters. The minimum Gasteiger partial charge on any atom is -0.389 e. The third-order valence-corrected chi connectivity index (χ3v) is 2.41. The van der Waals surface area contributed by atoms with Crippen molar-refractivity contribution in [2.24, 2.45) is 11.3 Å². The molecule has 0 radical (unpaired) electrons. The maximum absolute atomic E-state index is 10.1. The van der Waals surface area contributed by atoms with Gasteiger partial charge in [-0.25, -0.2) is 0 Å². The van der Waals surface area contributed by atoms with Crippen LogP contribution >= 0.6 is 0 Å². The van der Waals surface area contributed by atoms with Gasteiger partial charge < -0.3 is 10.4 Å². The predicted octanol–water partition coefficient (Wildman–Crippen LogP) is 2.81. The maximum atomic E-state index is 10.1. The number of aliphatic hydroxyl groups is 1. The Morgan fingerprint density at radius 2 is 1.67 bits per heavy atom. The second kappa shape index (κ2) is 5.86. The molecule has 2 N–H and O–H groups in total. The third-order valence-electron chi connectivity index (χ3n) is 2.41. The van der Waals surface area contributed by atoms with E-state index in [-0.39, 0.29) is 0 Å². The molecule has 0 aliphatic heterocycles. The van der Waals surface area contributed by atoms with E-state index in [4.69, 9.17) is 0 Å². The van der Waals surface area contributed by atoms with Gasteiger partial charge in [0, 0.05) is 6.54 Å². The van der Waals surface area contributed by atoms with Crippen LogP contribution in [0.3, 0.4) is 0 Å². The van der Waals surface area contributed by atoms with Gasteiger partial charge in [-0.15, -0.1) is 0 Å². The van der Waals surface area contributed by atoms with E-state index in [1.54, 1.807) is 0 Å². The van der Waals surface area contributed by atoms with Crippen LogP contribution in [0.4, 0.5) is 0 Å². The summed E-state index contributed by atoms with van der Waals surface area (Å²) < 4.78 is 0. The van der Waals surface area contributed by atoms with Crippen LogP contribution < -0.4 is 5.32 Å². The van der Waals surface area contributed by atoms with Crippen molar-refractivity contribution < 1.29 is 5.11 Å². The van der Waals surface area contributed by atoms with E-state index < -0.39 is 5.60 Å². The molecule has 0 aliphatic rings. The molecule has 0 heterocycles. The summed E-state index contributed by atoms with van der Waals surface area (Å²) in [6.07, 6.45) is 2.00. The summed E-state index contributed by atoms with van der Waals surface area (Å²) in [5, 5.41) is 13.4. The molecule has 0 aromatic heterocycles. The van der Waals surface area contributed by atoms with Crippen molar-refractivity contribution >= 4 is 0 Å². The Kier molecular flexibility index (Phi) is 5.82. The summed E-state index contributed by atoms with van der Waals surface area (Å²) >= 11 is 0. The SMILES string of the molecule is CC(C)CC(C)(O)CNCCC(C)(C)C. The lowest BCUT2D eigenvalue weighted by Gasteiger charge is -2.26. The van der Waals surface area contributed by atoms with Crippen molar-refractivity contribution in [1.29, 1.82) is 0 Å². The molecule has 0 aromatic rings. The predicted molar refractivity (Wildman–Crippen MR) is 67.0 cm³/mol. The molecule has 0 rings (SSSR count). The standard InChI is InChI=1S/C13H29NO/c1-11(2)9-13(6,15)10-14-8-7-12(3,4)5/h11,14-15H,7-10H2,1-6H3. The Balaban J connectivity index is 3.66. The molecule has 0 aliphatic carbocycles. The fraction of sp³-hybridized carbons (Fsp3) is 1.00. The topological polar surface area (TPSA) is 32.3 Å². The van der Waals surface area contributed by atoms with E-state index in [0.29, 0.717) is 17.9 Å². The average molecular weight is 215 g/mol. The van der Waals surface area contributed by atoms with Gasteiger partial charge in [-0.2, -0.15) is 0 Å². The first-order valence-electron chi connectivity index (χ1n) is 6.05. The summed E-state index contributed by atoms with van der Waals surface area (Å²) in [6.45, 7) is 14.6. The van der Waals surface area contributed by atoms with Gasteiger partial charge in [0.15, 0.2) is 0 Å². The molecular weight excluding hydrogens is 186 g/mol. The van der Waals surface area contributed by atoms with Crippen molar-refractivity contribution in [3.05, 3.63) is 0 Å². The summed E-state index contributed by atoms with van der Waals surface area (Å²) in [6, 6.07) is 0. The van der Waals surface area contributed by atoms with Gasteiger partial charge in [0.2, 0.25) is 0 Å². The molecule has 2 nitrogen and oxygen atoms in total. The van der Waals surface area contributed by atoms with Crippen molar-refractivity contribution in [3.8, 4) is 0 Å².